The summed E-state index contributed by atoms with van der Waals surface area (Å²) in [5, 5.41) is 18.8. The van der Waals surface area contributed by atoms with Gasteiger partial charge in [0, 0.05) is 28.3 Å². The Morgan fingerprint density at radius 2 is 1.78 bits per heavy atom. The van der Waals surface area contributed by atoms with E-state index in [1.54, 1.807) is 12.1 Å². The summed E-state index contributed by atoms with van der Waals surface area (Å²) in [5.74, 6) is -0.363. The summed E-state index contributed by atoms with van der Waals surface area (Å²) in [6.45, 7) is -0.0108. The molecule has 1 saturated heterocycles. The van der Waals surface area contributed by atoms with Crippen LogP contribution in [0.2, 0.25) is 0 Å². The number of nitrogens with two attached hydrogens (primary N) is 1. The van der Waals surface area contributed by atoms with E-state index < -0.39 is 12.3 Å². The van der Waals surface area contributed by atoms with Crippen LogP contribution in [0, 0.1) is 0 Å². The molecular weight excluding hydrogens is 426 g/mol. The topological polar surface area (TPSA) is 102 Å². The third-order valence-corrected chi connectivity index (χ3v) is 6.55. The van der Waals surface area contributed by atoms with E-state index in [-0.39, 0.29) is 24.4 Å². The van der Waals surface area contributed by atoms with Crippen molar-refractivity contribution < 1.29 is 24.5 Å². The zero-order chi connectivity index (χ0) is 22.5. The molecule has 1 aliphatic rings. The van der Waals surface area contributed by atoms with Crippen molar-refractivity contribution in [3.05, 3.63) is 95.1 Å². The van der Waals surface area contributed by atoms with Crippen molar-refractivity contribution in [2.24, 2.45) is 0 Å². The summed E-state index contributed by atoms with van der Waals surface area (Å²) in [6, 6.07) is 22.1. The fourth-order valence-corrected chi connectivity index (χ4v) is 4.75. The Morgan fingerprint density at radius 3 is 2.50 bits per heavy atom. The summed E-state index contributed by atoms with van der Waals surface area (Å²) < 4.78 is 12.5. The first-order valence-electron chi connectivity index (χ1n) is 10.3. The second-order valence-electron chi connectivity index (χ2n) is 7.63. The number of aliphatic hydroxyl groups excluding tert-OH is 1. The molecule has 0 bridgehead atoms. The maximum Gasteiger partial charge on any atom is 0.336 e. The van der Waals surface area contributed by atoms with E-state index >= 15 is 0 Å². The highest BCUT2D eigenvalue weighted by Crippen LogP contribution is 2.40. The van der Waals surface area contributed by atoms with Crippen LogP contribution < -0.4 is 5.73 Å². The number of benzene rings is 3. The molecule has 3 aromatic rings. The van der Waals surface area contributed by atoms with Crippen molar-refractivity contribution in [2.75, 3.05) is 11.5 Å². The maximum absolute atomic E-state index is 11.5. The SMILES string of the molecule is Nc1cccc([C@H]2O[C@@H](CSc3ccccc3C(=O)O)C[C@@H](c3ccc(CO)cc3)O2)c1. The summed E-state index contributed by atoms with van der Waals surface area (Å²) in [7, 11) is 0. The highest BCUT2D eigenvalue weighted by atomic mass is 32.2. The van der Waals surface area contributed by atoms with Crippen LogP contribution in [-0.2, 0) is 16.1 Å². The van der Waals surface area contributed by atoms with Crippen LogP contribution >= 0.6 is 11.8 Å². The van der Waals surface area contributed by atoms with E-state index in [1.807, 2.05) is 60.7 Å². The lowest BCUT2D eigenvalue weighted by atomic mass is 10.0. The van der Waals surface area contributed by atoms with E-state index in [1.165, 1.54) is 11.8 Å². The smallest absolute Gasteiger partial charge is 0.336 e. The molecule has 166 valence electrons. The predicted octanol–water partition coefficient (Wildman–Crippen LogP) is 4.80. The number of carbonyl (C=O) groups is 1. The first-order chi connectivity index (χ1) is 15.5. The molecule has 4 N–H and O–H groups in total. The molecule has 3 atom stereocenters. The Morgan fingerprint density at radius 1 is 1.00 bits per heavy atom. The predicted molar refractivity (Wildman–Crippen MR) is 123 cm³/mol. The number of aliphatic hydroxyl groups is 1. The minimum atomic E-state index is -0.944. The number of nitrogen functional groups attached to an aromatic ring is 1. The van der Waals surface area contributed by atoms with Gasteiger partial charge in [-0.3, -0.25) is 0 Å². The molecular formula is C25H25NO5S. The van der Waals surface area contributed by atoms with Gasteiger partial charge in [0.15, 0.2) is 6.29 Å². The molecule has 0 saturated carbocycles. The van der Waals surface area contributed by atoms with Gasteiger partial charge in [-0.05, 0) is 35.4 Å². The number of carboxylic acids is 1. The van der Waals surface area contributed by atoms with Crippen LogP contribution in [0.5, 0.6) is 0 Å². The summed E-state index contributed by atoms with van der Waals surface area (Å²) >= 11 is 1.47. The lowest BCUT2D eigenvalue weighted by Crippen LogP contribution is -2.31. The van der Waals surface area contributed by atoms with Gasteiger partial charge in [-0.2, -0.15) is 0 Å². The fraction of sp³-hybridized carbons (Fsp3) is 0.240. The quantitative estimate of drug-likeness (QED) is 0.350. The zero-order valence-electron chi connectivity index (χ0n) is 17.4. The van der Waals surface area contributed by atoms with Crippen LogP contribution in [0.3, 0.4) is 0 Å². The highest BCUT2D eigenvalue weighted by Gasteiger charge is 2.32. The molecule has 0 radical (unpaired) electrons. The van der Waals surface area contributed by atoms with Gasteiger partial charge in [-0.15, -0.1) is 11.8 Å². The van der Waals surface area contributed by atoms with E-state index in [2.05, 4.69) is 0 Å². The van der Waals surface area contributed by atoms with Gasteiger partial charge < -0.3 is 25.4 Å². The lowest BCUT2D eigenvalue weighted by Gasteiger charge is -2.36. The van der Waals surface area contributed by atoms with Gasteiger partial charge >= 0.3 is 5.97 Å². The number of thioether (sulfide) groups is 1. The van der Waals surface area contributed by atoms with Crippen molar-refractivity contribution >= 4 is 23.4 Å². The minimum absolute atomic E-state index is 0.0108. The first-order valence-corrected chi connectivity index (χ1v) is 11.3. The number of anilines is 1. The second kappa shape index (κ2) is 10.2. The van der Waals surface area contributed by atoms with Crippen LogP contribution in [0.4, 0.5) is 5.69 Å². The molecule has 1 aliphatic heterocycles. The van der Waals surface area contributed by atoms with Crippen molar-refractivity contribution in [1.82, 2.24) is 0 Å². The molecule has 32 heavy (non-hydrogen) atoms. The Hall–Kier alpha value is -2.84. The van der Waals surface area contributed by atoms with Crippen LogP contribution in [0.1, 0.15) is 45.9 Å². The van der Waals surface area contributed by atoms with Crippen molar-refractivity contribution in [3.8, 4) is 0 Å². The molecule has 0 amide bonds. The molecule has 0 aromatic heterocycles. The van der Waals surface area contributed by atoms with Gasteiger partial charge in [0.2, 0.25) is 0 Å². The average Bonchev–Trinajstić information content (AvgIpc) is 2.82. The number of hydrogen-bond donors (Lipinski definition) is 3. The largest absolute Gasteiger partial charge is 0.478 e. The Balaban J connectivity index is 1.55. The molecule has 0 aliphatic carbocycles. The molecule has 0 spiro atoms. The molecule has 6 nitrogen and oxygen atoms in total. The fourth-order valence-electron chi connectivity index (χ4n) is 3.68. The van der Waals surface area contributed by atoms with Crippen molar-refractivity contribution in [1.29, 1.82) is 0 Å². The van der Waals surface area contributed by atoms with E-state index in [0.29, 0.717) is 22.8 Å². The number of aromatic carboxylic acids is 1. The number of hydrogen-bond acceptors (Lipinski definition) is 6. The third-order valence-electron chi connectivity index (χ3n) is 5.34. The monoisotopic (exact) mass is 451 g/mol. The highest BCUT2D eigenvalue weighted by molar-refractivity contribution is 7.99. The van der Waals surface area contributed by atoms with Gasteiger partial charge in [0.25, 0.3) is 0 Å². The van der Waals surface area contributed by atoms with Crippen molar-refractivity contribution in [3.63, 3.8) is 0 Å². The van der Waals surface area contributed by atoms with Gasteiger partial charge in [-0.1, -0.05) is 48.5 Å². The minimum Gasteiger partial charge on any atom is -0.478 e. The Bertz CT molecular complexity index is 1070. The van der Waals surface area contributed by atoms with Gasteiger partial charge in [-0.25, -0.2) is 4.79 Å². The summed E-state index contributed by atoms with van der Waals surface area (Å²) in [6.07, 6.45) is -0.331. The van der Waals surface area contributed by atoms with Crippen LogP contribution in [0.15, 0.2) is 77.7 Å². The lowest BCUT2D eigenvalue weighted by molar-refractivity contribution is -0.245. The van der Waals surface area contributed by atoms with E-state index in [9.17, 15) is 15.0 Å². The van der Waals surface area contributed by atoms with Gasteiger partial charge in [0.05, 0.1) is 24.4 Å². The molecule has 7 heteroatoms. The number of rotatable bonds is 7. The maximum atomic E-state index is 11.5. The summed E-state index contributed by atoms with van der Waals surface area (Å²) in [5.41, 5.74) is 9.55. The van der Waals surface area contributed by atoms with E-state index in [0.717, 1.165) is 16.7 Å². The third kappa shape index (κ3) is 5.31. The van der Waals surface area contributed by atoms with Crippen LogP contribution in [0.25, 0.3) is 0 Å². The molecule has 1 heterocycles. The number of carboxylic acid groups (broad SMARTS) is 1. The van der Waals surface area contributed by atoms with E-state index in [4.69, 9.17) is 15.2 Å². The second-order valence-corrected chi connectivity index (χ2v) is 8.69. The average molecular weight is 452 g/mol. The zero-order valence-corrected chi connectivity index (χ0v) is 18.2. The summed E-state index contributed by atoms with van der Waals surface area (Å²) in [4.78, 5) is 12.2. The van der Waals surface area contributed by atoms with Crippen LogP contribution in [-0.4, -0.2) is 28.0 Å². The molecule has 3 aromatic carbocycles. The normalized spacial score (nSPS) is 20.7. The first kappa shape index (κ1) is 22.4. The standard InChI is InChI=1S/C25H25NO5S/c26-19-5-3-4-18(12-19)25-30-20(15-32-23-7-2-1-6-21(23)24(28)29)13-22(31-25)17-10-8-16(14-27)9-11-17/h1-12,20,22,25,27H,13-15,26H2,(H,28,29)/t20-,22+,25+/m1/s1. The Kier molecular flexibility index (Phi) is 7.12. The van der Waals surface area contributed by atoms with Gasteiger partial charge in [0.1, 0.15) is 0 Å². The molecule has 1 fully saturated rings. The van der Waals surface area contributed by atoms with Crippen molar-refractivity contribution in [2.45, 2.75) is 36.4 Å². The number of ether oxygens (including phenoxy) is 2. The molecule has 0 unspecified atom stereocenters. The Labute approximate surface area is 191 Å². The molecule has 4 rings (SSSR count).